The summed E-state index contributed by atoms with van der Waals surface area (Å²) in [7, 11) is 0. The molecule has 17 heavy (non-hydrogen) atoms. The number of carboxylic acid groups (broad SMARTS) is 1. The molecule has 1 aliphatic rings. The van der Waals surface area contributed by atoms with Gasteiger partial charge in [-0.05, 0) is 0 Å². The first-order chi connectivity index (χ1) is 8.22. The SMILES string of the molecule is C=CCO/N=C1\CN(C(=O)O)Cc2cocc21. The summed E-state index contributed by atoms with van der Waals surface area (Å²) >= 11 is 0. The third-order valence-corrected chi connectivity index (χ3v) is 2.39. The van der Waals surface area contributed by atoms with Gasteiger partial charge in [0, 0.05) is 11.1 Å². The Morgan fingerprint density at radius 1 is 1.65 bits per heavy atom. The van der Waals surface area contributed by atoms with Gasteiger partial charge < -0.3 is 14.4 Å². The van der Waals surface area contributed by atoms with Gasteiger partial charge in [0.05, 0.1) is 25.6 Å². The highest BCUT2D eigenvalue weighted by Gasteiger charge is 2.26. The number of carbonyl (C=O) groups is 1. The van der Waals surface area contributed by atoms with Crippen LogP contribution < -0.4 is 0 Å². The van der Waals surface area contributed by atoms with E-state index >= 15 is 0 Å². The largest absolute Gasteiger partial charge is 0.472 e. The number of nitrogens with zero attached hydrogens (tertiary/aromatic N) is 2. The van der Waals surface area contributed by atoms with E-state index in [2.05, 4.69) is 11.7 Å². The number of oxime groups is 1. The zero-order chi connectivity index (χ0) is 12.3. The first-order valence-electron chi connectivity index (χ1n) is 5.05. The lowest BCUT2D eigenvalue weighted by Gasteiger charge is -2.24. The predicted octanol–water partition coefficient (Wildman–Crippen LogP) is 1.68. The second-order valence-electron chi connectivity index (χ2n) is 3.57. The molecule has 0 spiro atoms. The number of rotatable bonds is 3. The van der Waals surface area contributed by atoms with E-state index in [9.17, 15) is 4.79 Å². The lowest BCUT2D eigenvalue weighted by atomic mass is 10.0. The molecule has 90 valence electrons. The molecular formula is C11H12N2O4. The summed E-state index contributed by atoms with van der Waals surface area (Å²) in [5, 5.41) is 12.9. The molecule has 6 heteroatoms. The minimum Gasteiger partial charge on any atom is -0.472 e. The van der Waals surface area contributed by atoms with Crippen molar-refractivity contribution in [1.29, 1.82) is 0 Å². The van der Waals surface area contributed by atoms with E-state index in [1.807, 2.05) is 0 Å². The molecule has 1 aromatic heterocycles. The molecular weight excluding hydrogens is 224 g/mol. The van der Waals surface area contributed by atoms with Crippen LogP contribution in [0.3, 0.4) is 0 Å². The van der Waals surface area contributed by atoms with E-state index in [1.54, 1.807) is 12.3 Å². The Labute approximate surface area is 97.8 Å². The molecule has 0 aliphatic carbocycles. The molecule has 0 fully saturated rings. The summed E-state index contributed by atoms with van der Waals surface area (Å²) in [5.41, 5.74) is 2.13. The van der Waals surface area contributed by atoms with Crippen LogP contribution in [0, 0.1) is 0 Å². The minimum atomic E-state index is -0.992. The van der Waals surface area contributed by atoms with Gasteiger partial charge in [0.25, 0.3) is 0 Å². The molecule has 0 saturated carbocycles. The molecule has 0 saturated heterocycles. The van der Waals surface area contributed by atoms with Crippen molar-refractivity contribution in [2.24, 2.45) is 5.16 Å². The number of fused-ring (bicyclic) bond motifs is 1. The number of furan rings is 1. The van der Waals surface area contributed by atoms with Crippen molar-refractivity contribution in [3.63, 3.8) is 0 Å². The zero-order valence-electron chi connectivity index (χ0n) is 9.13. The minimum absolute atomic E-state index is 0.193. The van der Waals surface area contributed by atoms with E-state index in [4.69, 9.17) is 14.4 Å². The topological polar surface area (TPSA) is 75.3 Å². The average molecular weight is 236 g/mol. The molecule has 1 N–H and O–H groups in total. The average Bonchev–Trinajstić information content (AvgIpc) is 2.77. The third-order valence-electron chi connectivity index (χ3n) is 2.39. The summed E-state index contributed by atoms with van der Waals surface area (Å²) in [5.74, 6) is 0. The lowest BCUT2D eigenvalue weighted by Crippen LogP contribution is -2.38. The van der Waals surface area contributed by atoms with Gasteiger partial charge in [0.2, 0.25) is 0 Å². The van der Waals surface area contributed by atoms with Gasteiger partial charge >= 0.3 is 6.09 Å². The Kier molecular flexibility index (Phi) is 3.13. The first-order valence-corrected chi connectivity index (χ1v) is 5.05. The van der Waals surface area contributed by atoms with Crippen LogP contribution in [-0.2, 0) is 11.4 Å². The predicted molar refractivity (Wildman–Crippen MR) is 59.8 cm³/mol. The van der Waals surface area contributed by atoms with Gasteiger partial charge in [-0.1, -0.05) is 17.8 Å². The molecule has 2 heterocycles. The monoisotopic (exact) mass is 236 g/mol. The molecule has 0 unspecified atom stereocenters. The van der Waals surface area contributed by atoms with Gasteiger partial charge in [0.15, 0.2) is 0 Å². The fourth-order valence-corrected chi connectivity index (χ4v) is 1.61. The quantitative estimate of drug-likeness (QED) is 0.492. The van der Waals surface area contributed by atoms with E-state index < -0.39 is 6.09 Å². The molecule has 0 bridgehead atoms. The standard InChI is InChI=1S/C11H12N2O4/c1-2-3-17-12-10-5-13(11(14)15)4-8-6-16-7-9(8)10/h2,6-7H,1,3-5H2,(H,14,15)/b12-10+. The number of hydrogen-bond donors (Lipinski definition) is 1. The fourth-order valence-electron chi connectivity index (χ4n) is 1.61. The van der Waals surface area contributed by atoms with Crippen LogP contribution in [0.2, 0.25) is 0 Å². The fraction of sp³-hybridized carbons (Fsp3) is 0.273. The molecule has 6 nitrogen and oxygen atoms in total. The second kappa shape index (κ2) is 4.73. The summed E-state index contributed by atoms with van der Waals surface area (Å²) in [4.78, 5) is 17.2. The molecule has 0 atom stereocenters. The van der Waals surface area contributed by atoms with Crippen LogP contribution in [0.4, 0.5) is 4.79 Å². The molecule has 0 radical (unpaired) electrons. The Hall–Kier alpha value is -2.24. The van der Waals surface area contributed by atoms with E-state index in [-0.39, 0.29) is 13.2 Å². The van der Waals surface area contributed by atoms with Crippen LogP contribution in [0.25, 0.3) is 0 Å². The summed E-state index contributed by atoms with van der Waals surface area (Å²) in [6, 6.07) is 0. The maximum absolute atomic E-state index is 10.9. The van der Waals surface area contributed by atoms with Crippen molar-refractivity contribution < 1.29 is 19.2 Å². The first kappa shape index (κ1) is 11.3. The number of amides is 1. The lowest BCUT2D eigenvalue weighted by molar-refractivity contribution is 0.145. The second-order valence-corrected chi connectivity index (χ2v) is 3.57. The Balaban J connectivity index is 2.23. The summed E-state index contributed by atoms with van der Waals surface area (Å²) in [6.07, 6.45) is 3.64. The highest BCUT2D eigenvalue weighted by Crippen LogP contribution is 2.20. The van der Waals surface area contributed by atoms with Crippen molar-refractivity contribution in [1.82, 2.24) is 4.90 Å². The van der Waals surface area contributed by atoms with Crippen LogP contribution in [0.5, 0.6) is 0 Å². The normalized spacial score (nSPS) is 16.7. The van der Waals surface area contributed by atoms with E-state index in [0.717, 1.165) is 11.1 Å². The van der Waals surface area contributed by atoms with Crippen LogP contribution in [-0.4, -0.2) is 35.0 Å². The summed E-state index contributed by atoms with van der Waals surface area (Å²) < 4.78 is 5.06. The van der Waals surface area contributed by atoms with Crippen molar-refractivity contribution in [2.45, 2.75) is 6.54 Å². The van der Waals surface area contributed by atoms with Crippen LogP contribution in [0.15, 0.2) is 34.8 Å². The van der Waals surface area contributed by atoms with Crippen LogP contribution >= 0.6 is 0 Å². The Bertz CT molecular complexity index is 464. The van der Waals surface area contributed by atoms with E-state index in [1.165, 1.54) is 11.2 Å². The Morgan fingerprint density at radius 3 is 3.18 bits per heavy atom. The molecule has 2 rings (SSSR count). The molecule has 1 aliphatic heterocycles. The maximum atomic E-state index is 10.9. The van der Waals surface area contributed by atoms with E-state index in [0.29, 0.717) is 12.3 Å². The highest BCUT2D eigenvalue weighted by atomic mass is 16.6. The zero-order valence-corrected chi connectivity index (χ0v) is 9.13. The van der Waals surface area contributed by atoms with Crippen molar-refractivity contribution in [3.8, 4) is 0 Å². The smallest absolute Gasteiger partial charge is 0.407 e. The van der Waals surface area contributed by atoms with Gasteiger partial charge in [-0.25, -0.2) is 4.79 Å². The number of hydrogen-bond acceptors (Lipinski definition) is 4. The maximum Gasteiger partial charge on any atom is 0.407 e. The Morgan fingerprint density at radius 2 is 2.47 bits per heavy atom. The van der Waals surface area contributed by atoms with Gasteiger partial charge in [0.1, 0.15) is 12.3 Å². The third kappa shape index (κ3) is 2.30. The van der Waals surface area contributed by atoms with Gasteiger partial charge in [-0.3, -0.25) is 4.90 Å². The van der Waals surface area contributed by atoms with Crippen LogP contribution in [0.1, 0.15) is 11.1 Å². The molecule has 0 aromatic carbocycles. The molecule has 1 aromatic rings. The highest BCUT2D eigenvalue weighted by molar-refractivity contribution is 6.04. The summed E-state index contributed by atoms with van der Waals surface area (Å²) in [6.45, 7) is 4.29. The van der Waals surface area contributed by atoms with Crippen molar-refractivity contribution in [2.75, 3.05) is 13.2 Å². The van der Waals surface area contributed by atoms with Crippen molar-refractivity contribution in [3.05, 3.63) is 36.3 Å². The van der Waals surface area contributed by atoms with Gasteiger partial charge in [-0.15, -0.1) is 0 Å². The van der Waals surface area contributed by atoms with Crippen molar-refractivity contribution >= 4 is 11.8 Å². The van der Waals surface area contributed by atoms with Gasteiger partial charge in [-0.2, -0.15) is 0 Å². The molecule has 1 amide bonds.